The van der Waals surface area contributed by atoms with Crippen LogP contribution in [0.25, 0.3) is 11.1 Å². The monoisotopic (exact) mass is 361 g/mol. The van der Waals surface area contributed by atoms with Crippen molar-refractivity contribution in [2.24, 2.45) is 0 Å². The summed E-state index contributed by atoms with van der Waals surface area (Å²) in [5, 5.41) is 9.33. The van der Waals surface area contributed by atoms with Gasteiger partial charge in [-0.25, -0.2) is 14.8 Å². The molecule has 7 heteroatoms. The van der Waals surface area contributed by atoms with Crippen molar-refractivity contribution in [2.75, 3.05) is 18.8 Å². The molecule has 0 aliphatic carbocycles. The van der Waals surface area contributed by atoms with E-state index >= 15 is 0 Å². The van der Waals surface area contributed by atoms with Crippen molar-refractivity contribution < 1.29 is 9.90 Å². The fraction of sp³-hybridized carbons (Fsp3) is 0.200. The molecule has 2 aromatic heterocycles. The van der Waals surface area contributed by atoms with Crippen molar-refractivity contribution in [3.05, 3.63) is 71.8 Å². The van der Waals surface area contributed by atoms with Crippen molar-refractivity contribution in [1.29, 1.82) is 0 Å². The zero-order valence-electron chi connectivity index (χ0n) is 14.6. The number of rotatable bonds is 5. The number of nitrogens with two attached hydrogens (primary N) is 1. The quantitative estimate of drug-likeness (QED) is 0.719. The molecule has 27 heavy (non-hydrogen) atoms. The molecule has 3 heterocycles. The molecule has 0 spiro atoms. The van der Waals surface area contributed by atoms with Gasteiger partial charge in [0, 0.05) is 43.5 Å². The van der Waals surface area contributed by atoms with Crippen molar-refractivity contribution in [3.63, 3.8) is 0 Å². The summed E-state index contributed by atoms with van der Waals surface area (Å²) in [5.74, 6) is -0.256. The Hall–Kier alpha value is -3.32. The number of nitrogen functional groups attached to an aromatic ring is 1. The van der Waals surface area contributed by atoms with Crippen LogP contribution in [0.15, 0.2) is 54.9 Å². The molecule has 0 amide bonds. The normalized spacial score (nSPS) is 14.7. The lowest BCUT2D eigenvalue weighted by Crippen LogP contribution is -2.44. The van der Waals surface area contributed by atoms with Crippen molar-refractivity contribution >= 4 is 11.9 Å². The molecule has 1 aromatic carbocycles. The third-order valence-electron chi connectivity index (χ3n) is 4.75. The molecule has 0 atom stereocenters. The third-order valence-corrected chi connectivity index (χ3v) is 4.75. The molecule has 0 bridgehead atoms. The minimum absolute atomic E-state index is 0.279. The standard InChI is InChI=1S/C20H19N5O2/c21-20-22-8-7-18(24-20)14-10-25(11-14)12-15-6-5-13(9-23-15)16-3-1-2-4-17(16)19(26)27/h1-9,14H,10-12H2,(H,26,27)(H2,21,22,24). The summed E-state index contributed by atoms with van der Waals surface area (Å²) in [7, 11) is 0. The molecule has 136 valence electrons. The van der Waals surface area contributed by atoms with Gasteiger partial charge in [0.15, 0.2) is 0 Å². The SMILES string of the molecule is Nc1nccc(C2CN(Cc3ccc(-c4ccccc4C(=O)O)cn3)C2)n1. The van der Waals surface area contributed by atoms with Gasteiger partial charge < -0.3 is 10.8 Å². The zero-order valence-corrected chi connectivity index (χ0v) is 14.6. The number of likely N-dealkylation sites (tertiary alicyclic amines) is 1. The average molecular weight is 361 g/mol. The highest BCUT2D eigenvalue weighted by atomic mass is 16.4. The highest BCUT2D eigenvalue weighted by Crippen LogP contribution is 2.28. The van der Waals surface area contributed by atoms with Gasteiger partial charge in [-0.1, -0.05) is 24.3 Å². The number of pyridine rings is 1. The van der Waals surface area contributed by atoms with Crippen LogP contribution in [0.2, 0.25) is 0 Å². The van der Waals surface area contributed by atoms with Crippen LogP contribution in [0.3, 0.4) is 0 Å². The summed E-state index contributed by atoms with van der Waals surface area (Å²) in [6.45, 7) is 2.56. The van der Waals surface area contributed by atoms with E-state index in [4.69, 9.17) is 5.73 Å². The van der Waals surface area contributed by atoms with Crippen LogP contribution in [0.1, 0.15) is 27.7 Å². The first-order valence-electron chi connectivity index (χ1n) is 8.68. The number of aromatic carboxylic acids is 1. The van der Waals surface area contributed by atoms with Crippen molar-refractivity contribution in [1.82, 2.24) is 19.9 Å². The Kier molecular flexibility index (Phi) is 4.52. The first-order valence-corrected chi connectivity index (χ1v) is 8.68. The van der Waals surface area contributed by atoms with Crippen LogP contribution in [-0.2, 0) is 6.54 Å². The van der Waals surface area contributed by atoms with Crippen LogP contribution in [0.5, 0.6) is 0 Å². The van der Waals surface area contributed by atoms with Gasteiger partial charge in [0.1, 0.15) is 0 Å². The molecule has 0 unspecified atom stereocenters. The fourth-order valence-electron chi connectivity index (χ4n) is 3.33. The molecular formula is C20H19N5O2. The number of anilines is 1. The molecule has 4 rings (SSSR count). The van der Waals surface area contributed by atoms with Crippen LogP contribution in [-0.4, -0.2) is 44.0 Å². The summed E-state index contributed by atoms with van der Waals surface area (Å²) < 4.78 is 0. The van der Waals surface area contributed by atoms with E-state index in [1.807, 2.05) is 24.3 Å². The second-order valence-electron chi connectivity index (χ2n) is 6.62. The number of carboxylic acids is 1. The maximum Gasteiger partial charge on any atom is 0.336 e. The van der Waals surface area contributed by atoms with E-state index in [9.17, 15) is 9.90 Å². The van der Waals surface area contributed by atoms with Gasteiger partial charge >= 0.3 is 5.97 Å². The topological polar surface area (TPSA) is 105 Å². The summed E-state index contributed by atoms with van der Waals surface area (Å²) >= 11 is 0. The van der Waals surface area contributed by atoms with E-state index in [0.29, 0.717) is 17.4 Å². The second kappa shape index (κ2) is 7.13. The van der Waals surface area contributed by atoms with Gasteiger partial charge in [-0.15, -0.1) is 0 Å². The fourth-order valence-corrected chi connectivity index (χ4v) is 3.33. The number of carboxylic acid groups (broad SMARTS) is 1. The minimum Gasteiger partial charge on any atom is -0.478 e. The maximum absolute atomic E-state index is 11.4. The first-order chi connectivity index (χ1) is 13.1. The lowest BCUT2D eigenvalue weighted by atomic mass is 9.95. The molecular weight excluding hydrogens is 342 g/mol. The van der Waals surface area contributed by atoms with E-state index in [1.54, 1.807) is 30.6 Å². The van der Waals surface area contributed by atoms with E-state index in [0.717, 1.165) is 36.6 Å². The van der Waals surface area contributed by atoms with Gasteiger partial charge in [-0.05, 0) is 23.8 Å². The molecule has 1 fully saturated rings. The number of carbonyl (C=O) groups is 1. The lowest BCUT2D eigenvalue weighted by molar-refractivity contribution is 0.0697. The summed E-state index contributed by atoms with van der Waals surface area (Å²) in [5.41, 5.74) is 9.33. The van der Waals surface area contributed by atoms with Crippen LogP contribution >= 0.6 is 0 Å². The average Bonchev–Trinajstić information content (AvgIpc) is 2.65. The number of aromatic nitrogens is 3. The summed E-state index contributed by atoms with van der Waals surface area (Å²) in [4.78, 5) is 26.4. The van der Waals surface area contributed by atoms with E-state index in [2.05, 4.69) is 19.9 Å². The van der Waals surface area contributed by atoms with Gasteiger partial charge in [0.2, 0.25) is 5.95 Å². The Morgan fingerprint density at radius 2 is 1.96 bits per heavy atom. The van der Waals surface area contributed by atoms with E-state index in [-0.39, 0.29) is 5.56 Å². The van der Waals surface area contributed by atoms with Gasteiger partial charge in [-0.2, -0.15) is 0 Å². The second-order valence-corrected chi connectivity index (χ2v) is 6.62. The maximum atomic E-state index is 11.4. The Bertz CT molecular complexity index is 968. The Balaban J connectivity index is 1.40. The molecule has 3 N–H and O–H groups in total. The number of hydrogen-bond donors (Lipinski definition) is 2. The highest BCUT2D eigenvalue weighted by Gasteiger charge is 2.29. The number of benzene rings is 1. The third kappa shape index (κ3) is 3.63. The minimum atomic E-state index is -0.938. The predicted octanol–water partition coefficient (Wildman–Crippen LogP) is 2.42. The number of nitrogens with zero attached hydrogens (tertiary/aromatic N) is 4. The highest BCUT2D eigenvalue weighted by molar-refractivity contribution is 5.95. The Morgan fingerprint density at radius 3 is 2.67 bits per heavy atom. The molecule has 7 nitrogen and oxygen atoms in total. The molecule has 1 aliphatic rings. The zero-order chi connectivity index (χ0) is 18.8. The molecule has 1 saturated heterocycles. The van der Waals surface area contributed by atoms with Crippen LogP contribution < -0.4 is 5.73 Å². The van der Waals surface area contributed by atoms with Gasteiger partial charge in [0.25, 0.3) is 0 Å². The van der Waals surface area contributed by atoms with E-state index in [1.165, 1.54) is 0 Å². The van der Waals surface area contributed by atoms with Crippen LogP contribution in [0.4, 0.5) is 5.95 Å². The van der Waals surface area contributed by atoms with E-state index < -0.39 is 5.97 Å². The predicted molar refractivity (Wildman–Crippen MR) is 101 cm³/mol. The smallest absolute Gasteiger partial charge is 0.336 e. The van der Waals surface area contributed by atoms with Crippen molar-refractivity contribution in [2.45, 2.75) is 12.5 Å². The molecule has 1 aliphatic heterocycles. The number of hydrogen-bond acceptors (Lipinski definition) is 6. The van der Waals surface area contributed by atoms with Gasteiger partial charge in [0.05, 0.1) is 17.0 Å². The largest absolute Gasteiger partial charge is 0.478 e. The molecule has 0 radical (unpaired) electrons. The van der Waals surface area contributed by atoms with Crippen molar-refractivity contribution in [3.8, 4) is 11.1 Å². The van der Waals surface area contributed by atoms with Gasteiger partial charge in [-0.3, -0.25) is 9.88 Å². The Morgan fingerprint density at radius 1 is 1.15 bits per heavy atom. The molecule has 3 aromatic rings. The summed E-state index contributed by atoms with van der Waals surface area (Å²) in [6.07, 6.45) is 3.43. The summed E-state index contributed by atoms with van der Waals surface area (Å²) in [6, 6.07) is 12.7. The molecule has 0 saturated carbocycles. The first kappa shape index (κ1) is 17.1. The van der Waals surface area contributed by atoms with Crippen LogP contribution in [0, 0.1) is 0 Å². The lowest BCUT2D eigenvalue weighted by Gasteiger charge is -2.38. The Labute approximate surface area is 156 Å².